The van der Waals surface area contributed by atoms with Crippen LogP contribution in [0.3, 0.4) is 0 Å². The van der Waals surface area contributed by atoms with Crippen molar-refractivity contribution in [2.24, 2.45) is 11.7 Å². The van der Waals surface area contributed by atoms with Gasteiger partial charge in [-0.2, -0.15) is 0 Å². The molecule has 0 aliphatic heterocycles. The summed E-state index contributed by atoms with van der Waals surface area (Å²) in [5.41, 5.74) is 6.15. The number of allylic oxidation sites excluding steroid dienone is 1. The summed E-state index contributed by atoms with van der Waals surface area (Å²) in [6.07, 6.45) is 8.91. The van der Waals surface area contributed by atoms with E-state index in [-0.39, 0.29) is 5.91 Å². The Morgan fingerprint density at radius 1 is 1.46 bits per heavy atom. The number of hydrogen-bond acceptors (Lipinski definition) is 1. The fourth-order valence-electron chi connectivity index (χ4n) is 1.40. The molecule has 0 bridgehead atoms. The van der Waals surface area contributed by atoms with Gasteiger partial charge in [-0.1, -0.05) is 25.8 Å². The Kier molecular flexibility index (Phi) is 4.00. The molecule has 1 fully saturated rings. The topological polar surface area (TPSA) is 43.1 Å². The summed E-state index contributed by atoms with van der Waals surface area (Å²) in [4.78, 5) is 11.0. The van der Waals surface area contributed by atoms with E-state index in [4.69, 9.17) is 5.73 Å². The minimum atomic E-state index is -0.219. The average molecular weight is 181 g/mol. The Hall–Kier alpha value is -0.790. The highest BCUT2D eigenvalue weighted by molar-refractivity contribution is 5.91. The average Bonchev–Trinajstić information content (AvgIpc) is 2.86. The zero-order valence-corrected chi connectivity index (χ0v) is 8.38. The third-order valence-electron chi connectivity index (χ3n) is 2.43. The van der Waals surface area contributed by atoms with Crippen LogP contribution >= 0.6 is 0 Å². The lowest BCUT2D eigenvalue weighted by atomic mass is 10.1. The van der Waals surface area contributed by atoms with E-state index < -0.39 is 0 Å². The molecule has 0 unspecified atom stereocenters. The maximum absolute atomic E-state index is 11.0. The smallest absolute Gasteiger partial charge is 0.244 e. The van der Waals surface area contributed by atoms with Gasteiger partial charge in [0, 0.05) is 5.57 Å². The van der Waals surface area contributed by atoms with Crippen molar-refractivity contribution >= 4 is 5.91 Å². The lowest BCUT2D eigenvalue weighted by Gasteiger charge is -2.01. The molecule has 0 spiro atoms. The number of rotatable bonds is 6. The zero-order valence-electron chi connectivity index (χ0n) is 8.38. The Balaban J connectivity index is 2.33. The van der Waals surface area contributed by atoms with Gasteiger partial charge in [0.2, 0.25) is 5.91 Å². The number of hydrogen-bond donors (Lipinski definition) is 1. The first-order valence-corrected chi connectivity index (χ1v) is 5.24. The van der Waals surface area contributed by atoms with Crippen LogP contribution in [0.15, 0.2) is 11.6 Å². The maximum atomic E-state index is 11.0. The van der Waals surface area contributed by atoms with Crippen LogP contribution in [0.4, 0.5) is 0 Å². The lowest BCUT2D eigenvalue weighted by molar-refractivity contribution is -0.114. The van der Waals surface area contributed by atoms with Crippen LogP contribution in [0.25, 0.3) is 0 Å². The van der Waals surface area contributed by atoms with E-state index >= 15 is 0 Å². The number of carbonyl (C=O) groups excluding carboxylic acids is 1. The predicted molar refractivity (Wildman–Crippen MR) is 54.1 cm³/mol. The minimum Gasteiger partial charge on any atom is -0.366 e. The van der Waals surface area contributed by atoms with Gasteiger partial charge in [-0.15, -0.1) is 0 Å². The second-order valence-corrected chi connectivity index (χ2v) is 3.85. The van der Waals surface area contributed by atoms with Crippen LogP contribution in [0, 0.1) is 5.92 Å². The van der Waals surface area contributed by atoms with Crippen molar-refractivity contribution in [1.29, 1.82) is 0 Å². The minimum absolute atomic E-state index is 0.219. The molecule has 1 aliphatic carbocycles. The lowest BCUT2D eigenvalue weighted by Crippen LogP contribution is -2.14. The molecule has 0 aromatic carbocycles. The number of primary amides is 1. The molecule has 1 amide bonds. The van der Waals surface area contributed by atoms with Crippen molar-refractivity contribution in [3.63, 3.8) is 0 Å². The van der Waals surface area contributed by atoms with Crippen molar-refractivity contribution in [3.05, 3.63) is 11.6 Å². The summed E-state index contributed by atoms with van der Waals surface area (Å²) in [7, 11) is 0. The molecule has 2 nitrogen and oxygen atoms in total. The first-order valence-electron chi connectivity index (χ1n) is 5.24. The third kappa shape index (κ3) is 4.11. The van der Waals surface area contributed by atoms with Crippen LogP contribution in [0.1, 0.15) is 45.4 Å². The van der Waals surface area contributed by atoms with Gasteiger partial charge in [-0.25, -0.2) is 0 Å². The van der Waals surface area contributed by atoms with Crippen molar-refractivity contribution in [1.82, 2.24) is 0 Å². The predicted octanol–water partition coefficient (Wildman–Crippen LogP) is 2.39. The number of amides is 1. The molecule has 2 heteroatoms. The molecular formula is C11H19NO. The van der Waals surface area contributed by atoms with Crippen molar-refractivity contribution in [3.8, 4) is 0 Å². The van der Waals surface area contributed by atoms with E-state index in [0.717, 1.165) is 18.4 Å². The summed E-state index contributed by atoms with van der Waals surface area (Å²) in [6, 6.07) is 0. The van der Waals surface area contributed by atoms with Gasteiger partial charge in [0.15, 0.2) is 0 Å². The van der Waals surface area contributed by atoms with Crippen LogP contribution in [0.5, 0.6) is 0 Å². The summed E-state index contributed by atoms with van der Waals surface area (Å²) in [5, 5.41) is 0. The maximum Gasteiger partial charge on any atom is 0.244 e. The van der Waals surface area contributed by atoms with Crippen LogP contribution in [-0.2, 0) is 4.79 Å². The molecular weight excluding hydrogens is 162 g/mol. The molecule has 13 heavy (non-hydrogen) atoms. The standard InChI is InChI=1S/C11H19NO/c1-2-3-4-5-10(11(12)13)8-9-6-7-9/h8-9H,2-7H2,1H3,(H2,12,13)/b10-8+. The van der Waals surface area contributed by atoms with E-state index in [0.29, 0.717) is 5.92 Å². The molecule has 74 valence electrons. The third-order valence-corrected chi connectivity index (χ3v) is 2.43. The molecule has 0 atom stereocenters. The van der Waals surface area contributed by atoms with Gasteiger partial charge in [-0.05, 0) is 31.6 Å². The normalized spacial score (nSPS) is 17.5. The number of unbranched alkanes of at least 4 members (excludes halogenated alkanes) is 2. The second-order valence-electron chi connectivity index (χ2n) is 3.85. The van der Waals surface area contributed by atoms with Gasteiger partial charge >= 0.3 is 0 Å². The molecule has 0 aromatic heterocycles. The summed E-state index contributed by atoms with van der Waals surface area (Å²) < 4.78 is 0. The fourth-order valence-corrected chi connectivity index (χ4v) is 1.40. The fraction of sp³-hybridized carbons (Fsp3) is 0.727. The van der Waals surface area contributed by atoms with Crippen molar-refractivity contribution in [2.75, 3.05) is 0 Å². The molecule has 1 rings (SSSR count). The first kappa shape index (κ1) is 10.3. The van der Waals surface area contributed by atoms with Crippen molar-refractivity contribution < 1.29 is 4.79 Å². The highest BCUT2D eigenvalue weighted by atomic mass is 16.1. The Labute approximate surface area is 80.2 Å². The van der Waals surface area contributed by atoms with Crippen LogP contribution in [0.2, 0.25) is 0 Å². The molecule has 0 aromatic rings. The Bertz CT molecular complexity index is 204. The van der Waals surface area contributed by atoms with Gasteiger partial charge in [0.05, 0.1) is 0 Å². The summed E-state index contributed by atoms with van der Waals surface area (Å²) in [6.45, 7) is 2.16. The van der Waals surface area contributed by atoms with E-state index in [1.807, 2.05) is 0 Å². The van der Waals surface area contributed by atoms with Crippen molar-refractivity contribution in [2.45, 2.75) is 45.4 Å². The zero-order chi connectivity index (χ0) is 9.68. The van der Waals surface area contributed by atoms with E-state index in [1.165, 1.54) is 25.7 Å². The SMILES string of the molecule is CCCCC/C(=C\C1CC1)C(N)=O. The molecule has 0 heterocycles. The van der Waals surface area contributed by atoms with E-state index in [1.54, 1.807) is 0 Å². The quantitative estimate of drug-likeness (QED) is 0.496. The monoisotopic (exact) mass is 181 g/mol. The van der Waals surface area contributed by atoms with Crippen LogP contribution in [-0.4, -0.2) is 5.91 Å². The highest BCUT2D eigenvalue weighted by Gasteiger charge is 2.20. The Morgan fingerprint density at radius 3 is 2.62 bits per heavy atom. The van der Waals surface area contributed by atoms with Crippen LogP contribution < -0.4 is 5.73 Å². The molecule has 0 saturated heterocycles. The molecule has 2 N–H and O–H groups in total. The number of carbonyl (C=O) groups is 1. The summed E-state index contributed by atoms with van der Waals surface area (Å²) >= 11 is 0. The summed E-state index contributed by atoms with van der Waals surface area (Å²) in [5.74, 6) is 0.437. The molecule has 0 radical (unpaired) electrons. The molecule has 1 saturated carbocycles. The second kappa shape index (κ2) is 5.05. The van der Waals surface area contributed by atoms with E-state index in [9.17, 15) is 4.79 Å². The highest BCUT2D eigenvalue weighted by Crippen LogP contribution is 2.32. The first-order chi connectivity index (χ1) is 6.24. The van der Waals surface area contributed by atoms with Gasteiger partial charge in [0.25, 0.3) is 0 Å². The largest absolute Gasteiger partial charge is 0.366 e. The van der Waals surface area contributed by atoms with Gasteiger partial charge < -0.3 is 5.73 Å². The van der Waals surface area contributed by atoms with Gasteiger partial charge in [0.1, 0.15) is 0 Å². The molecule has 1 aliphatic rings. The number of nitrogens with two attached hydrogens (primary N) is 1. The Morgan fingerprint density at radius 2 is 2.15 bits per heavy atom. The van der Waals surface area contributed by atoms with Gasteiger partial charge in [-0.3, -0.25) is 4.79 Å². The van der Waals surface area contributed by atoms with E-state index in [2.05, 4.69) is 13.0 Å².